The van der Waals surface area contributed by atoms with Crippen LogP contribution in [0.5, 0.6) is 5.75 Å². The highest BCUT2D eigenvalue weighted by atomic mass is 16.6. The Morgan fingerprint density at radius 2 is 1.96 bits per heavy atom. The van der Waals surface area contributed by atoms with Crippen molar-refractivity contribution in [2.75, 3.05) is 39.5 Å². The fourth-order valence-corrected chi connectivity index (χ4v) is 4.15. The van der Waals surface area contributed by atoms with E-state index in [0.29, 0.717) is 0 Å². The summed E-state index contributed by atoms with van der Waals surface area (Å²) in [6, 6.07) is 10.1. The summed E-state index contributed by atoms with van der Waals surface area (Å²) in [5.41, 5.74) is 0.0577. The van der Waals surface area contributed by atoms with Crippen LogP contribution < -0.4 is 4.74 Å². The van der Waals surface area contributed by atoms with Crippen molar-refractivity contribution in [2.24, 2.45) is 5.92 Å². The maximum absolute atomic E-state index is 6.21. The van der Waals surface area contributed by atoms with Gasteiger partial charge in [-0.15, -0.1) is 0 Å². The van der Waals surface area contributed by atoms with Crippen LogP contribution in [0.25, 0.3) is 0 Å². The van der Waals surface area contributed by atoms with Crippen LogP contribution in [0.15, 0.2) is 30.3 Å². The average Bonchev–Trinajstić information content (AvgIpc) is 3.22. The molecule has 0 N–H and O–H groups in total. The molecule has 3 aliphatic heterocycles. The zero-order chi connectivity index (χ0) is 15.5. The van der Waals surface area contributed by atoms with Crippen molar-refractivity contribution in [2.45, 2.75) is 37.4 Å². The Bertz CT molecular complexity index is 493. The number of ether oxygens (including phenoxy) is 3. The van der Waals surface area contributed by atoms with Gasteiger partial charge >= 0.3 is 0 Å². The molecule has 2 atom stereocenters. The van der Waals surface area contributed by atoms with Crippen LogP contribution in [0.1, 0.15) is 25.7 Å². The van der Waals surface area contributed by atoms with Crippen LogP contribution in [0.4, 0.5) is 0 Å². The highest BCUT2D eigenvalue weighted by molar-refractivity contribution is 5.21. The number of rotatable bonds is 4. The first-order chi connectivity index (χ1) is 11.3. The lowest BCUT2D eigenvalue weighted by Gasteiger charge is -2.39. The van der Waals surface area contributed by atoms with Gasteiger partial charge in [-0.1, -0.05) is 18.2 Å². The third-order valence-corrected chi connectivity index (χ3v) is 5.53. The molecule has 0 radical (unpaired) electrons. The zero-order valence-corrected chi connectivity index (χ0v) is 13.8. The SMILES string of the molecule is c1ccc(OC2COC3(CCN(CC4CCOC4)CC3)C2)cc1. The van der Waals surface area contributed by atoms with Crippen LogP contribution >= 0.6 is 0 Å². The maximum atomic E-state index is 6.21. The first kappa shape index (κ1) is 15.4. The third kappa shape index (κ3) is 3.70. The molecule has 4 heteroatoms. The molecule has 2 unspecified atom stereocenters. The summed E-state index contributed by atoms with van der Waals surface area (Å²) in [6.45, 7) is 6.11. The van der Waals surface area contributed by atoms with E-state index >= 15 is 0 Å². The summed E-state index contributed by atoms with van der Waals surface area (Å²) < 4.78 is 17.8. The lowest BCUT2D eigenvalue weighted by Crippen LogP contribution is -2.45. The van der Waals surface area contributed by atoms with Gasteiger partial charge in [-0.25, -0.2) is 0 Å². The normalized spacial score (nSPS) is 30.8. The van der Waals surface area contributed by atoms with Crippen molar-refractivity contribution in [1.29, 1.82) is 0 Å². The molecule has 0 aromatic heterocycles. The van der Waals surface area contributed by atoms with Gasteiger partial charge in [0.1, 0.15) is 11.9 Å². The Hall–Kier alpha value is -1.10. The fourth-order valence-electron chi connectivity index (χ4n) is 4.15. The summed E-state index contributed by atoms with van der Waals surface area (Å²) in [7, 11) is 0. The molecule has 3 aliphatic rings. The molecule has 0 amide bonds. The van der Waals surface area contributed by atoms with Crippen LogP contribution in [0, 0.1) is 5.92 Å². The lowest BCUT2D eigenvalue weighted by molar-refractivity contribution is -0.0462. The highest BCUT2D eigenvalue weighted by Crippen LogP contribution is 2.37. The molecule has 3 saturated heterocycles. The summed E-state index contributed by atoms with van der Waals surface area (Å²) in [5.74, 6) is 1.69. The second-order valence-corrected chi connectivity index (χ2v) is 7.28. The van der Waals surface area contributed by atoms with Crippen molar-refractivity contribution in [3.8, 4) is 5.75 Å². The Morgan fingerprint density at radius 3 is 2.70 bits per heavy atom. The van der Waals surface area contributed by atoms with Crippen molar-refractivity contribution in [3.05, 3.63) is 30.3 Å². The molecule has 3 heterocycles. The Labute approximate surface area is 138 Å². The van der Waals surface area contributed by atoms with Crippen molar-refractivity contribution in [3.63, 3.8) is 0 Å². The quantitative estimate of drug-likeness (QED) is 0.854. The number of piperidine rings is 1. The molecule has 4 nitrogen and oxygen atoms in total. The molecule has 0 bridgehead atoms. The fraction of sp³-hybridized carbons (Fsp3) is 0.684. The molecular weight excluding hydrogens is 290 g/mol. The Balaban J connectivity index is 1.26. The Morgan fingerprint density at radius 1 is 1.13 bits per heavy atom. The van der Waals surface area contributed by atoms with E-state index in [4.69, 9.17) is 14.2 Å². The molecule has 1 spiro atoms. The van der Waals surface area contributed by atoms with Gasteiger partial charge in [0.25, 0.3) is 0 Å². The topological polar surface area (TPSA) is 30.9 Å². The molecule has 4 rings (SSSR count). The van der Waals surface area contributed by atoms with Gasteiger partial charge in [-0.2, -0.15) is 0 Å². The predicted molar refractivity (Wildman–Crippen MR) is 88.8 cm³/mol. The summed E-state index contributed by atoms with van der Waals surface area (Å²) >= 11 is 0. The minimum Gasteiger partial charge on any atom is -0.488 e. The van der Waals surface area contributed by atoms with Crippen LogP contribution in [-0.4, -0.2) is 56.1 Å². The maximum Gasteiger partial charge on any atom is 0.125 e. The average molecular weight is 317 g/mol. The van der Waals surface area contributed by atoms with E-state index in [0.717, 1.165) is 63.8 Å². The summed E-state index contributed by atoms with van der Waals surface area (Å²) in [6.07, 6.45) is 4.73. The minimum absolute atomic E-state index is 0.0577. The van der Waals surface area contributed by atoms with Gasteiger partial charge in [0.15, 0.2) is 0 Å². The standard InChI is InChI=1S/C19H27NO3/c1-2-4-17(5-3-1)23-18-12-19(22-15-18)7-9-20(10-8-19)13-16-6-11-21-14-16/h1-5,16,18H,6-15H2. The first-order valence-electron chi connectivity index (χ1n) is 8.97. The zero-order valence-electron chi connectivity index (χ0n) is 13.8. The monoisotopic (exact) mass is 317 g/mol. The van der Waals surface area contributed by atoms with Crippen LogP contribution in [0.3, 0.4) is 0 Å². The van der Waals surface area contributed by atoms with Crippen molar-refractivity contribution >= 4 is 0 Å². The van der Waals surface area contributed by atoms with Crippen molar-refractivity contribution in [1.82, 2.24) is 4.90 Å². The van der Waals surface area contributed by atoms with Gasteiger partial charge in [0, 0.05) is 32.7 Å². The van der Waals surface area contributed by atoms with Crippen molar-refractivity contribution < 1.29 is 14.2 Å². The second-order valence-electron chi connectivity index (χ2n) is 7.28. The number of hydrogen-bond acceptors (Lipinski definition) is 4. The number of likely N-dealkylation sites (tertiary alicyclic amines) is 1. The van der Waals surface area contributed by atoms with Gasteiger partial charge in [-0.3, -0.25) is 0 Å². The smallest absolute Gasteiger partial charge is 0.125 e. The van der Waals surface area contributed by atoms with E-state index in [2.05, 4.69) is 4.90 Å². The van der Waals surface area contributed by atoms with E-state index < -0.39 is 0 Å². The van der Waals surface area contributed by atoms with E-state index in [-0.39, 0.29) is 11.7 Å². The highest BCUT2D eigenvalue weighted by Gasteiger charge is 2.43. The van der Waals surface area contributed by atoms with E-state index in [1.54, 1.807) is 0 Å². The summed E-state index contributed by atoms with van der Waals surface area (Å²) in [5, 5.41) is 0. The lowest BCUT2D eigenvalue weighted by atomic mass is 9.87. The molecule has 23 heavy (non-hydrogen) atoms. The number of benzene rings is 1. The molecule has 3 fully saturated rings. The van der Waals surface area contributed by atoms with E-state index in [9.17, 15) is 0 Å². The van der Waals surface area contributed by atoms with Gasteiger partial charge in [-0.05, 0) is 37.3 Å². The molecular formula is C19H27NO3. The third-order valence-electron chi connectivity index (χ3n) is 5.53. The first-order valence-corrected chi connectivity index (χ1v) is 8.97. The van der Waals surface area contributed by atoms with Gasteiger partial charge < -0.3 is 19.1 Å². The van der Waals surface area contributed by atoms with E-state index in [1.807, 2.05) is 30.3 Å². The summed E-state index contributed by atoms with van der Waals surface area (Å²) in [4.78, 5) is 2.60. The van der Waals surface area contributed by atoms with Crippen LogP contribution in [-0.2, 0) is 9.47 Å². The molecule has 126 valence electrons. The second kappa shape index (κ2) is 6.80. The largest absolute Gasteiger partial charge is 0.488 e. The molecule has 1 aromatic carbocycles. The van der Waals surface area contributed by atoms with Crippen LogP contribution in [0.2, 0.25) is 0 Å². The predicted octanol–water partition coefficient (Wildman–Crippen LogP) is 2.73. The number of para-hydroxylation sites is 1. The molecule has 0 saturated carbocycles. The van der Waals surface area contributed by atoms with Gasteiger partial charge in [0.05, 0.1) is 18.8 Å². The molecule has 1 aromatic rings. The molecule has 0 aliphatic carbocycles. The van der Waals surface area contributed by atoms with Gasteiger partial charge in [0.2, 0.25) is 0 Å². The minimum atomic E-state index is 0.0577. The Kier molecular flexibility index (Phi) is 4.56. The number of hydrogen-bond donors (Lipinski definition) is 0. The number of nitrogens with zero attached hydrogens (tertiary/aromatic N) is 1. The van der Waals surface area contributed by atoms with E-state index in [1.165, 1.54) is 13.0 Å².